The zero-order valence-corrected chi connectivity index (χ0v) is 21.2. The maximum Gasteiger partial charge on any atom is 0.174 e. The molecule has 1 aliphatic heterocycles. The van der Waals surface area contributed by atoms with E-state index in [9.17, 15) is 0 Å². The zero-order chi connectivity index (χ0) is 26.2. The molecule has 0 bridgehead atoms. The van der Waals surface area contributed by atoms with Crippen LogP contribution in [0.15, 0.2) is 71.5 Å². The van der Waals surface area contributed by atoms with E-state index in [0.29, 0.717) is 18.1 Å². The number of imidazole rings is 1. The molecule has 5 rings (SSSR count). The Bertz CT molecular complexity index is 1450. The van der Waals surface area contributed by atoms with Crippen LogP contribution in [0.4, 0.5) is 0 Å². The summed E-state index contributed by atoms with van der Waals surface area (Å²) in [5, 5.41) is 12.9. The van der Waals surface area contributed by atoms with Crippen molar-refractivity contribution in [3.05, 3.63) is 89.6 Å². The van der Waals surface area contributed by atoms with Crippen molar-refractivity contribution in [1.29, 1.82) is 5.26 Å². The fraction of sp³-hybridized carbons (Fsp3) is 0.300. The van der Waals surface area contributed by atoms with Gasteiger partial charge in [-0.25, -0.2) is 4.98 Å². The van der Waals surface area contributed by atoms with Crippen molar-refractivity contribution in [1.82, 2.24) is 14.7 Å². The van der Waals surface area contributed by atoms with Crippen molar-refractivity contribution in [3.8, 4) is 35.0 Å². The molecule has 0 aliphatic carbocycles. The van der Waals surface area contributed by atoms with Crippen LogP contribution >= 0.6 is 0 Å². The number of hydrogen-bond donors (Lipinski definition) is 0. The summed E-state index contributed by atoms with van der Waals surface area (Å²) in [4.78, 5) is 4.50. The Hall–Kier alpha value is -4.37. The number of benzene rings is 2. The summed E-state index contributed by atoms with van der Waals surface area (Å²) in [6, 6.07) is 19.1. The number of rotatable bonds is 8. The van der Waals surface area contributed by atoms with Gasteiger partial charge in [0, 0.05) is 41.8 Å². The molecule has 2 atom stereocenters. The molecule has 0 spiro atoms. The summed E-state index contributed by atoms with van der Waals surface area (Å²) in [5.74, 6) is 8.42. The van der Waals surface area contributed by atoms with E-state index in [4.69, 9.17) is 24.0 Å². The first-order chi connectivity index (χ1) is 18.7. The highest BCUT2D eigenvalue weighted by molar-refractivity contribution is 5.59. The lowest BCUT2D eigenvalue weighted by atomic mass is 10.1. The van der Waals surface area contributed by atoms with Gasteiger partial charge < -0.3 is 23.3 Å². The highest BCUT2D eigenvalue weighted by Gasteiger charge is 2.21. The predicted molar refractivity (Wildman–Crippen MR) is 140 cm³/mol. The zero-order valence-electron chi connectivity index (χ0n) is 21.2. The van der Waals surface area contributed by atoms with Crippen molar-refractivity contribution < 1.29 is 18.7 Å². The average molecular weight is 509 g/mol. The number of nitrogens with zero attached hydrogens (tertiary/aromatic N) is 4. The molecule has 1 fully saturated rings. The maximum absolute atomic E-state index is 8.67. The molecule has 8 heteroatoms. The molecule has 38 heavy (non-hydrogen) atoms. The van der Waals surface area contributed by atoms with Crippen LogP contribution in [0.2, 0.25) is 0 Å². The first kappa shape index (κ1) is 25.3. The first-order valence-electron chi connectivity index (χ1n) is 12.6. The quantitative estimate of drug-likeness (QED) is 0.290. The third-order valence-electron chi connectivity index (χ3n) is 6.15. The van der Waals surface area contributed by atoms with E-state index in [1.165, 1.54) is 0 Å². The van der Waals surface area contributed by atoms with Crippen molar-refractivity contribution >= 4 is 0 Å². The lowest BCUT2D eigenvalue weighted by Gasteiger charge is -2.26. The minimum absolute atomic E-state index is 0.00850. The molecular weight excluding hydrogens is 480 g/mol. The van der Waals surface area contributed by atoms with Gasteiger partial charge in [-0.05, 0) is 68.7 Å². The van der Waals surface area contributed by atoms with E-state index in [2.05, 4.69) is 22.0 Å². The molecule has 0 amide bonds. The van der Waals surface area contributed by atoms with E-state index in [-0.39, 0.29) is 19.0 Å². The molecule has 2 aromatic heterocycles. The predicted octanol–water partition coefficient (Wildman–Crippen LogP) is 5.49. The van der Waals surface area contributed by atoms with Gasteiger partial charge >= 0.3 is 0 Å². The van der Waals surface area contributed by atoms with Gasteiger partial charge in [0.25, 0.3) is 0 Å². The fourth-order valence-electron chi connectivity index (χ4n) is 4.26. The Morgan fingerprint density at radius 2 is 1.97 bits per heavy atom. The lowest BCUT2D eigenvalue weighted by molar-refractivity contribution is -0.188. The minimum Gasteiger partial charge on any atom is -0.479 e. The molecule has 1 saturated heterocycles. The third-order valence-corrected chi connectivity index (χ3v) is 6.15. The summed E-state index contributed by atoms with van der Waals surface area (Å²) in [7, 11) is 0. The molecule has 1 aliphatic rings. The molecule has 0 radical (unpaired) electrons. The third kappa shape index (κ3) is 6.49. The van der Waals surface area contributed by atoms with Gasteiger partial charge in [-0.3, -0.25) is 0 Å². The van der Waals surface area contributed by atoms with Crippen LogP contribution in [-0.4, -0.2) is 34.2 Å². The highest BCUT2D eigenvalue weighted by atomic mass is 16.7. The molecule has 2 unspecified atom stereocenters. The minimum atomic E-state index is -0.194. The van der Waals surface area contributed by atoms with Crippen molar-refractivity contribution in [2.75, 3.05) is 13.2 Å². The highest BCUT2D eigenvalue weighted by Crippen LogP contribution is 2.25. The number of aromatic nitrogens is 3. The topological polar surface area (TPSA) is 95.3 Å². The summed E-state index contributed by atoms with van der Waals surface area (Å²) in [6.07, 6.45) is 6.44. The normalized spacial score (nSPS) is 15.7. The van der Waals surface area contributed by atoms with Crippen LogP contribution in [0.1, 0.15) is 54.9 Å². The number of nitriles is 1. The van der Waals surface area contributed by atoms with Crippen molar-refractivity contribution in [2.24, 2.45) is 0 Å². The molecule has 4 aromatic rings. The number of hydrogen-bond acceptors (Lipinski definition) is 7. The van der Waals surface area contributed by atoms with Gasteiger partial charge in [-0.1, -0.05) is 23.1 Å². The Labute approximate surface area is 221 Å². The van der Waals surface area contributed by atoms with Crippen LogP contribution in [0.5, 0.6) is 5.75 Å². The van der Waals surface area contributed by atoms with Crippen LogP contribution in [0.3, 0.4) is 0 Å². The van der Waals surface area contributed by atoms with E-state index >= 15 is 0 Å². The largest absolute Gasteiger partial charge is 0.479 e. The Kier molecular flexibility index (Phi) is 8.15. The van der Waals surface area contributed by atoms with Gasteiger partial charge in [-0.15, -0.1) is 0 Å². The Balaban J connectivity index is 1.22. The molecule has 3 heterocycles. The van der Waals surface area contributed by atoms with E-state index in [0.717, 1.165) is 54.1 Å². The second kappa shape index (κ2) is 12.2. The molecule has 0 N–H and O–H groups in total. The maximum atomic E-state index is 8.67. The summed E-state index contributed by atoms with van der Waals surface area (Å²) in [5.41, 5.74) is 3.39. The van der Waals surface area contributed by atoms with E-state index in [1.54, 1.807) is 12.3 Å². The lowest BCUT2D eigenvalue weighted by Crippen LogP contribution is -2.24. The average Bonchev–Trinajstić information content (AvgIpc) is 3.62. The SMILES string of the molecule is CC(OC1CCCCO1)c1nccn1Cc1cc(-c2ccc(C#Cc3cccc(OCC#N)c3)cc2)on1. The molecule has 2 aromatic carbocycles. The smallest absolute Gasteiger partial charge is 0.174 e. The van der Waals surface area contributed by atoms with Crippen molar-refractivity contribution in [3.63, 3.8) is 0 Å². The van der Waals surface area contributed by atoms with Gasteiger partial charge in [0.2, 0.25) is 0 Å². The van der Waals surface area contributed by atoms with Crippen molar-refractivity contribution in [2.45, 2.75) is 45.1 Å². The molecule has 0 saturated carbocycles. The Morgan fingerprint density at radius 3 is 2.79 bits per heavy atom. The number of ether oxygens (including phenoxy) is 3. The van der Waals surface area contributed by atoms with Gasteiger partial charge in [0.15, 0.2) is 18.7 Å². The Morgan fingerprint density at radius 1 is 1.11 bits per heavy atom. The first-order valence-corrected chi connectivity index (χ1v) is 12.6. The van der Waals surface area contributed by atoms with E-state index < -0.39 is 0 Å². The van der Waals surface area contributed by atoms with Crippen LogP contribution < -0.4 is 4.74 Å². The van der Waals surface area contributed by atoms with E-state index in [1.807, 2.05) is 72.3 Å². The molecule has 192 valence electrons. The van der Waals surface area contributed by atoms with Crippen LogP contribution in [-0.2, 0) is 16.0 Å². The monoisotopic (exact) mass is 508 g/mol. The fourth-order valence-corrected chi connectivity index (χ4v) is 4.26. The van der Waals surface area contributed by atoms with Crippen LogP contribution in [0.25, 0.3) is 11.3 Å². The van der Waals surface area contributed by atoms with Gasteiger partial charge in [0.05, 0.1) is 6.54 Å². The second-order valence-corrected chi connectivity index (χ2v) is 8.97. The molecule has 8 nitrogen and oxygen atoms in total. The summed E-state index contributed by atoms with van der Waals surface area (Å²) < 4.78 is 24.8. The summed E-state index contributed by atoms with van der Waals surface area (Å²) in [6.45, 7) is 3.27. The summed E-state index contributed by atoms with van der Waals surface area (Å²) >= 11 is 0. The standard InChI is InChI=1S/C30H28N4O4/c1-22(37-29-7-2-3-17-36-29)30-32-15-16-34(30)21-26-20-28(38-33-26)25-12-10-23(11-13-25)8-9-24-5-4-6-27(19-24)35-18-14-31/h4-6,10-13,15-16,19-20,22,29H,2-3,7,17-18,21H2,1H3. The van der Waals surface area contributed by atoms with Gasteiger partial charge in [0.1, 0.15) is 29.4 Å². The molecular formula is C30H28N4O4. The van der Waals surface area contributed by atoms with Gasteiger partial charge in [-0.2, -0.15) is 5.26 Å². The van der Waals surface area contributed by atoms with Crippen LogP contribution in [0, 0.1) is 23.2 Å². The second-order valence-electron chi connectivity index (χ2n) is 8.97.